The molecule has 3 amide bonds. The highest BCUT2D eigenvalue weighted by Gasteiger charge is 2.35. The molecule has 0 unspecified atom stereocenters. The highest BCUT2D eigenvalue weighted by atomic mass is 16.2. The Labute approximate surface area is 105 Å². The Morgan fingerprint density at radius 3 is 2.22 bits per heavy atom. The van der Waals surface area contributed by atoms with E-state index >= 15 is 0 Å². The molecule has 1 N–H and O–H groups in total. The minimum atomic E-state index is -0.401. The molecule has 1 aromatic rings. The second-order valence-corrected chi connectivity index (χ2v) is 4.09. The van der Waals surface area contributed by atoms with Crippen LogP contribution in [-0.2, 0) is 4.79 Å². The van der Waals surface area contributed by atoms with Gasteiger partial charge in [0.05, 0.1) is 11.1 Å². The number of imide groups is 1. The maximum Gasteiger partial charge on any atom is 0.262 e. The Morgan fingerprint density at radius 1 is 1.17 bits per heavy atom. The zero-order valence-corrected chi connectivity index (χ0v) is 10.1. The molecular formula is C13H14N2O3. The van der Waals surface area contributed by atoms with Crippen LogP contribution in [0, 0.1) is 0 Å². The van der Waals surface area contributed by atoms with E-state index in [1.54, 1.807) is 24.3 Å². The number of hydrogen-bond donors (Lipinski definition) is 1. The molecule has 2 rings (SSSR count). The SMILES string of the molecule is CCCNC(=O)CN1C(=O)c2ccccc2C1=O. The Hall–Kier alpha value is -2.17. The third kappa shape index (κ3) is 2.11. The second kappa shape index (κ2) is 5.00. The maximum absolute atomic E-state index is 11.9. The Kier molecular flexibility index (Phi) is 3.41. The van der Waals surface area contributed by atoms with Gasteiger partial charge in [-0.05, 0) is 18.6 Å². The van der Waals surface area contributed by atoms with E-state index in [0.29, 0.717) is 17.7 Å². The van der Waals surface area contributed by atoms with Crippen LogP contribution in [-0.4, -0.2) is 35.7 Å². The van der Waals surface area contributed by atoms with Gasteiger partial charge in [-0.3, -0.25) is 19.3 Å². The van der Waals surface area contributed by atoms with Crippen LogP contribution in [0.15, 0.2) is 24.3 Å². The average Bonchev–Trinajstić information content (AvgIpc) is 2.62. The molecule has 0 atom stereocenters. The molecule has 0 aliphatic carbocycles. The van der Waals surface area contributed by atoms with Crippen LogP contribution < -0.4 is 5.32 Å². The van der Waals surface area contributed by atoms with Crippen molar-refractivity contribution in [3.63, 3.8) is 0 Å². The molecule has 0 radical (unpaired) electrons. The molecule has 0 saturated heterocycles. The number of rotatable bonds is 4. The summed E-state index contributed by atoms with van der Waals surface area (Å²) in [5.41, 5.74) is 0.733. The molecule has 0 spiro atoms. The lowest BCUT2D eigenvalue weighted by atomic mass is 10.1. The smallest absolute Gasteiger partial charge is 0.262 e. The van der Waals surface area contributed by atoms with Gasteiger partial charge in [0.15, 0.2) is 0 Å². The zero-order valence-electron chi connectivity index (χ0n) is 10.1. The van der Waals surface area contributed by atoms with Crippen LogP contribution in [0.2, 0.25) is 0 Å². The lowest BCUT2D eigenvalue weighted by molar-refractivity contribution is -0.121. The van der Waals surface area contributed by atoms with Gasteiger partial charge in [0.25, 0.3) is 11.8 Å². The van der Waals surface area contributed by atoms with Crippen molar-refractivity contribution < 1.29 is 14.4 Å². The van der Waals surface area contributed by atoms with Gasteiger partial charge in [-0.15, -0.1) is 0 Å². The van der Waals surface area contributed by atoms with Crippen molar-refractivity contribution in [3.05, 3.63) is 35.4 Å². The summed E-state index contributed by atoms with van der Waals surface area (Å²) < 4.78 is 0. The molecule has 1 aliphatic heterocycles. The highest BCUT2D eigenvalue weighted by Crippen LogP contribution is 2.21. The number of amides is 3. The summed E-state index contributed by atoms with van der Waals surface area (Å²) >= 11 is 0. The lowest BCUT2D eigenvalue weighted by Gasteiger charge is -2.13. The van der Waals surface area contributed by atoms with Gasteiger partial charge < -0.3 is 5.32 Å². The number of fused-ring (bicyclic) bond motifs is 1. The van der Waals surface area contributed by atoms with Gasteiger partial charge >= 0.3 is 0 Å². The fourth-order valence-corrected chi connectivity index (χ4v) is 1.85. The number of nitrogens with zero attached hydrogens (tertiary/aromatic N) is 1. The van der Waals surface area contributed by atoms with Crippen molar-refractivity contribution in [1.29, 1.82) is 0 Å². The minimum Gasteiger partial charge on any atom is -0.355 e. The van der Waals surface area contributed by atoms with E-state index in [9.17, 15) is 14.4 Å². The molecule has 5 heteroatoms. The lowest BCUT2D eigenvalue weighted by Crippen LogP contribution is -2.40. The number of hydrogen-bond acceptors (Lipinski definition) is 3. The van der Waals surface area contributed by atoms with E-state index in [2.05, 4.69) is 5.32 Å². The fraction of sp³-hybridized carbons (Fsp3) is 0.308. The van der Waals surface area contributed by atoms with Gasteiger partial charge in [0, 0.05) is 6.54 Å². The van der Waals surface area contributed by atoms with E-state index < -0.39 is 11.8 Å². The minimum absolute atomic E-state index is 0.216. The van der Waals surface area contributed by atoms with Crippen molar-refractivity contribution in [2.75, 3.05) is 13.1 Å². The molecule has 1 heterocycles. The topological polar surface area (TPSA) is 66.5 Å². The van der Waals surface area contributed by atoms with Gasteiger partial charge in [-0.25, -0.2) is 0 Å². The van der Waals surface area contributed by atoms with Crippen LogP contribution >= 0.6 is 0 Å². The number of carbonyl (C=O) groups excluding carboxylic acids is 3. The van der Waals surface area contributed by atoms with Crippen molar-refractivity contribution in [2.45, 2.75) is 13.3 Å². The third-order valence-electron chi connectivity index (χ3n) is 2.75. The molecule has 94 valence electrons. The van der Waals surface area contributed by atoms with Crippen molar-refractivity contribution >= 4 is 17.7 Å². The van der Waals surface area contributed by atoms with Gasteiger partial charge in [0.2, 0.25) is 5.91 Å². The first kappa shape index (κ1) is 12.3. The molecule has 5 nitrogen and oxygen atoms in total. The first-order valence-electron chi connectivity index (χ1n) is 5.87. The standard InChI is InChI=1S/C13H14N2O3/c1-2-7-14-11(16)8-15-12(17)9-5-3-4-6-10(9)13(15)18/h3-6H,2,7-8H2,1H3,(H,14,16). The molecule has 1 aliphatic rings. The Morgan fingerprint density at radius 2 is 1.72 bits per heavy atom. The van der Waals surface area contributed by atoms with Crippen LogP contribution in [0.1, 0.15) is 34.1 Å². The summed E-state index contributed by atoms with van der Waals surface area (Å²) in [6.07, 6.45) is 0.813. The van der Waals surface area contributed by atoms with Crippen molar-refractivity contribution in [3.8, 4) is 0 Å². The van der Waals surface area contributed by atoms with Crippen molar-refractivity contribution in [1.82, 2.24) is 10.2 Å². The van der Waals surface area contributed by atoms with Crippen LogP contribution in [0.4, 0.5) is 0 Å². The van der Waals surface area contributed by atoms with E-state index in [1.807, 2.05) is 6.92 Å². The summed E-state index contributed by atoms with van der Waals surface area (Å²) in [7, 11) is 0. The monoisotopic (exact) mass is 246 g/mol. The third-order valence-corrected chi connectivity index (χ3v) is 2.75. The number of carbonyl (C=O) groups is 3. The van der Waals surface area contributed by atoms with Crippen LogP contribution in [0.5, 0.6) is 0 Å². The van der Waals surface area contributed by atoms with Gasteiger partial charge in [-0.2, -0.15) is 0 Å². The maximum atomic E-state index is 11.9. The zero-order chi connectivity index (χ0) is 13.1. The Balaban J connectivity index is 2.11. The Bertz CT molecular complexity index is 476. The van der Waals surface area contributed by atoms with E-state index in [0.717, 1.165) is 11.3 Å². The molecule has 18 heavy (non-hydrogen) atoms. The summed E-state index contributed by atoms with van der Waals surface area (Å²) in [6.45, 7) is 2.26. The van der Waals surface area contributed by atoms with E-state index in [4.69, 9.17) is 0 Å². The number of benzene rings is 1. The molecule has 0 aromatic heterocycles. The number of nitrogens with one attached hydrogen (secondary N) is 1. The fourth-order valence-electron chi connectivity index (χ4n) is 1.85. The first-order chi connectivity index (χ1) is 8.65. The average molecular weight is 246 g/mol. The largest absolute Gasteiger partial charge is 0.355 e. The summed E-state index contributed by atoms with van der Waals surface area (Å²) in [5, 5.41) is 2.64. The summed E-state index contributed by atoms with van der Waals surface area (Å²) in [6, 6.07) is 6.59. The molecule has 0 bridgehead atoms. The predicted molar refractivity (Wildman–Crippen MR) is 65.1 cm³/mol. The molecule has 0 fully saturated rings. The quantitative estimate of drug-likeness (QED) is 0.799. The summed E-state index contributed by atoms with van der Waals surface area (Å²) in [5.74, 6) is -1.11. The highest BCUT2D eigenvalue weighted by molar-refractivity contribution is 6.22. The van der Waals surface area contributed by atoms with E-state index in [1.165, 1.54) is 0 Å². The molecular weight excluding hydrogens is 232 g/mol. The summed E-state index contributed by atoms with van der Waals surface area (Å²) in [4.78, 5) is 36.4. The van der Waals surface area contributed by atoms with Gasteiger partial charge in [0.1, 0.15) is 6.54 Å². The molecule has 0 saturated carbocycles. The normalized spacial score (nSPS) is 13.7. The van der Waals surface area contributed by atoms with Crippen LogP contribution in [0.3, 0.4) is 0 Å². The predicted octanol–water partition coefficient (Wildman–Crippen LogP) is 0.809. The first-order valence-corrected chi connectivity index (χ1v) is 5.87. The van der Waals surface area contributed by atoms with E-state index in [-0.39, 0.29) is 12.5 Å². The van der Waals surface area contributed by atoms with Gasteiger partial charge in [-0.1, -0.05) is 19.1 Å². The van der Waals surface area contributed by atoms with Crippen LogP contribution in [0.25, 0.3) is 0 Å². The molecule has 1 aromatic carbocycles. The second-order valence-electron chi connectivity index (χ2n) is 4.09. The van der Waals surface area contributed by atoms with Crippen molar-refractivity contribution in [2.24, 2.45) is 0 Å².